The Bertz CT molecular complexity index is 2320. The lowest BCUT2D eigenvalue weighted by Gasteiger charge is -2.28. The van der Waals surface area contributed by atoms with Crippen molar-refractivity contribution in [2.75, 3.05) is 21.0 Å². The number of amides is 2. The van der Waals surface area contributed by atoms with Gasteiger partial charge in [-0.1, -0.05) is 81.0 Å². The van der Waals surface area contributed by atoms with Crippen LogP contribution in [0.1, 0.15) is 93.6 Å². The van der Waals surface area contributed by atoms with Crippen LogP contribution in [0.3, 0.4) is 0 Å². The highest BCUT2D eigenvalue weighted by molar-refractivity contribution is 7.94. The maximum atomic E-state index is 14.9. The summed E-state index contributed by atoms with van der Waals surface area (Å²) in [4.78, 5) is 32.8. The summed E-state index contributed by atoms with van der Waals surface area (Å²) >= 11 is 0.997. The van der Waals surface area contributed by atoms with E-state index in [0.29, 0.717) is 56.4 Å². The van der Waals surface area contributed by atoms with Gasteiger partial charge in [0.25, 0.3) is 10.0 Å². The SMILES string of the molecule is CC(C)(C)CCOc1cccc(-c2sc3nc2-c2ccccc2CCCCCS(=O)(=O)N(C(=O)OC(C)(C)C)c2cccc(c2)S(=O)(=O)N3C(=O)OC(C)(C)C)c1. The Labute approximate surface area is 341 Å². The number of aryl methyl sites for hydroxylation is 1. The minimum atomic E-state index is -4.90. The van der Waals surface area contributed by atoms with Crippen molar-refractivity contribution in [1.29, 1.82) is 0 Å². The van der Waals surface area contributed by atoms with Crippen LogP contribution >= 0.6 is 11.3 Å². The Kier molecular flexibility index (Phi) is 12.9. The molecule has 5 rings (SSSR count). The summed E-state index contributed by atoms with van der Waals surface area (Å²) in [6, 6.07) is 19.9. The highest BCUT2D eigenvalue weighted by atomic mass is 32.2. The lowest BCUT2D eigenvalue weighted by molar-refractivity contribution is 0.0596. The van der Waals surface area contributed by atoms with Crippen molar-refractivity contribution in [1.82, 2.24) is 4.98 Å². The van der Waals surface area contributed by atoms with Crippen molar-refractivity contribution < 1.29 is 40.6 Å². The van der Waals surface area contributed by atoms with Crippen LogP contribution in [0.25, 0.3) is 21.7 Å². The molecule has 3 aromatic carbocycles. The molecule has 0 saturated carbocycles. The predicted octanol–water partition coefficient (Wildman–Crippen LogP) is 10.2. The van der Waals surface area contributed by atoms with E-state index in [9.17, 15) is 26.4 Å². The standard InChI is InChI=1S/C42H53N3O9S3/c1-40(2,3)24-25-52-32-21-15-19-30(27-32)36-35-34-23-13-12-18-29(34)17-11-10-14-26-56(48,49)44(38(46)53-41(4,5)6)31-20-16-22-33(28-31)57(50,51)45(37(43-35)55-36)39(47)54-42(7,8)9/h12-13,15-16,18-23,27-28H,10-11,14,17,24-26H2,1-9H3. The lowest BCUT2D eigenvalue weighted by Crippen LogP contribution is -2.43. The molecule has 2 heterocycles. The smallest absolute Gasteiger partial charge is 0.431 e. The van der Waals surface area contributed by atoms with Gasteiger partial charge in [0.05, 0.1) is 33.5 Å². The van der Waals surface area contributed by atoms with Crippen LogP contribution in [-0.4, -0.2) is 57.6 Å². The first-order valence-corrected chi connectivity index (χ1v) is 22.8. The monoisotopic (exact) mass is 839 g/mol. The van der Waals surface area contributed by atoms with Gasteiger partial charge in [0.15, 0.2) is 0 Å². The number of ether oxygens (including phenoxy) is 3. The average Bonchev–Trinajstić information content (AvgIpc) is 3.50. The highest BCUT2D eigenvalue weighted by Crippen LogP contribution is 2.44. The van der Waals surface area contributed by atoms with Crippen molar-refractivity contribution in [3.8, 4) is 27.4 Å². The molecular weight excluding hydrogens is 787 g/mol. The van der Waals surface area contributed by atoms with Crippen LogP contribution < -0.4 is 13.3 Å². The minimum absolute atomic E-state index is 0.0675. The Balaban J connectivity index is 1.76. The first-order chi connectivity index (χ1) is 26.5. The van der Waals surface area contributed by atoms with Gasteiger partial charge in [0.2, 0.25) is 15.2 Å². The molecule has 0 N–H and O–H groups in total. The average molecular weight is 840 g/mol. The van der Waals surface area contributed by atoms with E-state index < -0.39 is 54.1 Å². The zero-order chi connectivity index (χ0) is 42.0. The van der Waals surface area contributed by atoms with Crippen LogP contribution in [0, 0.1) is 5.41 Å². The largest absolute Gasteiger partial charge is 0.494 e. The van der Waals surface area contributed by atoms with Gasteiger partial charge in [-0.25, -0.2) is 31.4 Å². The van der Waals surface area contributed by atoms with Gasteiger partial charge in [0.1, 0.15) is 17.0 Å². The molecule has 0 unspecified atom stereocenters. The Hall–Kier alpha value is -4.47. The van der Waals surface area contributed by atoms with Crippen LogP contribution in [0.15, 0.2) is 77.7 Å². The molecule has 2 amide bonds. The van der Waals surface area contributed by atoms with Gasteiger partial charge in [0, 0.05) is 5.56 Å². The molecule has 0 atom stereocenters. The molecule has 1 aromatic heterocycles. The number of sulfonamides is 2. The van der Waals surface area contributed by atoms with Crippen LogP contribution in [0.4, 0.5) is 20.4 Å². The van der Waals surface area contributed by atoms with Crippen molar-refractivity contribution in [3.05, 3.63) is 78.4 Å². The summed E-state index contributed by atoms with van der Waals surface area (Å²) in [7, 11) is -9.26. The van der Waals surface area contributed by atoms with Crippen molar-refractivity contribution in [2.24, 2.45) is 5.41 Å². The number of carbonyl (C=O) groups is 2. The number of hydrogen-bond donors (Lipinski definition) is 0. The molecule has 0 aliphatic carbocycles. The van der Waals surface area contributed by atoms with E-state index in [1.54, 1.807) is 41.5 Å². The lowest BCUT2D eigenvalue weighted by atomic mass is 9.93. The summed E-state index contributed by atoms with van der Waals surface area (Å²) in [5, 5.41) is -0.200. The molecule has 0 spiro atoms. The van der Waals surface area contributed by atoms with E-state index in [4.69, 9.17) is 19.2 Å². The van der Waals surface area contributed by atoms with Crippen LogP contribution in [0.5, 0.6) is 5.75 Å². The van der Waals surface area contributed by atoms with Gasteiger partial charge in [-0.3, -0.25) is 0 Å². The fraction of sp³-hybridized carbons (Fsp3) is 0.452. The number of anilines is 2. The third-order valence-corrected chi connectivity index (χ3v) is 13.2. The number of thiazole rings is 1. The van der Waals surface area contributed by atoms with E-state index in [1.165, 1.54) is 18.2 Å². The topological polar surface area (TPSA) is 149 Å². The molecule has 0 fully saturated rings. The van der Waals surface area contributed by atoms with Gasteiger partial charge in [-0.2, -0.15) is 4.31 Å². The summed E-state index contributed by atoms with van der Waals surface area (Å²) in [6.45, 7) is 16.5. The second kappa shape index (κ2) is 16.8. The number of hydrogen-bond acceptors (Lipinski definition) is 11. The van der Waals surface area contributed by atoms with Crippen molar-refractivity contribution in [2.45, 2.75) is 111 Å². The fourth-order valence-corrected chi connectivity index (χ4v) is 10.00. The first-order valence-electron chi connectivity index (χ1n) is 18.9. The normalized spacial score (nSPS) is 16.2. The van der Waals surface area contributed by atoms with E-state index in [0.717, 1.165) is 35.0 Å². The summed E-state index contributed by atoms with van der Waals surface area (Å²) < 4.78 is 76.0. The van der Waals surface area contributed by atoms with Crippen LogP contribution in [0.2, 0.25) is 0 Å². The van der Waals surface area contributed by atoms with Crippen molar-refractivity contribution in [3.63, 3.8) is 0 Å². The molecule has 12 nitrogen and oxygen atoms in total. The molecular formula is C42H53N3O9S3. The summed E-state index contributed by atoms with van der Waals surface area (Å²) in [5.41, 5.74) is 0.402. The third kappa shape index (κ3) is 11.1. The fourth-order valence-electron chi connectivity index (χ4n) is 5.95. The molecule has 1 aliphatic rings. The van der Waals surface area contributed by atoms with Gasteiger partial charge in [-0.15, -0.1) is 4.31 Å². The van der Waals surface area contributed by atoms with E-state index >= 15 is 0 Å². The number of fused-ring (bicyclic) bond motifs is 6. The number of nitrogens with zero attached hydrogens (tertiary/aromatic N) is 3. The molecule has 308 valence electrons. The van der Waals surface area contributed by atoms with Gasteiger partial charge in [-0.05, 0) is 114 Å². The van der Waals surface area contributed by atoms with Gasteiger partial charge < -0.3 is 14.2 Å². The Morgan fingerprint density at radius 1 is 0.754 bits per heavy atom. The number of rotatable bonds is 4. The molecule has 57 heavy (non-hydrogen) atoms. The second-order valence-corrected chi connectivity index (χ2v) is 21.8. The Morgan fingerprint density at radius 2 is 1.40 bits per heavy atom. The Morgan fingerprint density at radius 3 is 2.07 bits per heavy atom. The van der Waals surface area contributed by atoms with E-state index in [1.807, 2.05) is 48.5 Å². The molecule has 0 radical (unpaired) electrons. The second-order valence-electron chi connectivity index (χ2n) is 17.1. The molecule has 15 heteroatoms. The van der Waals surface area contributed by atoms with Gasteiger partial charge >= 0.3 is 12.2 Å². The van der Waals surface area contributed by atoms with Crippen molar-refractivity contribution >= 4 is 54.4 Å². The maximum Gasteiger partial charge on any atom is 0.431 e. The summed E-state index contributed by atoms with van der Waals surface area (Å²) in [6.07, 6.45) is 0.307. The zero-order valence-electron chi connectivity index (χ0n) is 34.1. The number of benzene rings is 3. The highest BCUT2D eigenvalue weighted by Gasteiger charge is 2.40. The molecule has 1 aliphatic heterocycles. The molecule has 4 bridgehead atoms. The molecule has 0 saturated heterocycles. The third-order valence-electron chi connectivity index (χ3n) is 8.61. The minimum Gasteiger partial charge on any atom is -0.494 e. The van der Waals surface area contributed by atoms with E-state index in [2.05, 4.69) is 20.8 Å². The van der Waals surface area contributed by atoms with Crippen LogP contribution in [-0.2, 0) is 35.9 Å². The maximum absolute atomic E-state index is 14.9. The predicted molar refractivity (Wildman–Crippen MR) is 225 cm³/mol. The van der Waals surface area contributed by atoms with E-state index in [-0.39, 0.29) is 22.7 Å². The molecule has 4 aromatic rings. The zero-order valence-corrected chi connectivity index (χ0v) is 36.6. The number of aromatic nitrogens is 1. The quantitative estimate of drug-likeness (QED) is 0.194. The summed E-state index contributed by atoms with van der Waals surface area (Å²) in [5.74, 6) is 0.223. The number of carbonyl (C=O) groups excluding carboxylic acids is 2. The first kappa shape index (κ1) is 43.6.